The van der Waals surface area contributed by atoms with E-state index in [4.69, 9.17) is 0 Å². The van der Waals surface area contributed by atoms with Crippen molar-refractivity contribution in [2.75, 3.05) is 31.9 Å². The van der Waals surface area contributed by atoms with E-state index in [-0.39, 0.29) is 5.25 Å². The summed E-state index contributed by atoms with van der Waals surface area (Å²) in [4.78, 5) is 2.41. The highest BCUT2D eigenvalue weighted by molar-refractivity contribution is 7.92. The Hall–Kier alpha value is -0.130. The lowest BCUT2D eigenvalue weighted by atomic mass is 9.93. The summed E-state index contributed by atoms with van der Waals surface area (Å²) >= 11 is 0. The normalized spacial score (nSPS) is 33.2. The van der Waals surface area contributed by atoms with Crippen molar-refractivity contribution in [1.29, 1.82) is 0 Å². The molecule has 2 fully saturated rings. The summed E-state index contributed by atoms with van der Waals surface area (Å²) in [5.41, 5.74) is 0. The van der Waals surface area contributed by atoms with Gasteiger partial charge in [-0.3, -0.25) is 4.90 Å². The van der Waals surface area contributed by atoms with Gasteiger partial charge in [0.15, 0.2) is 9.84 Å². The van der Waals surface area contributed by atoms with Gasteiger partial charge in [-0.25, -0.2) is 8.42 Å². The van der Waals surface area contributed by atoms with E-state index in [0.29, 0.717) is 18.3 Å². The van der Waals surface area contributed by atoms with E-state index >= 15 is 0 Å². The monoisotopic (exact) mass is 274 g/mol. The quantitative estimate of drug-likeness (QED) is 0.803. The lowest BCUT2D eigenvalue weighted by Crippen LogP contribution is -2.38. The molecule has 0 aromatic carbocycles. The van der Waals surface area contributed by atoms with Crippen molar-refractivity contribution in [3.8, 4) is 0 Å². The smallest absolute Gasteiger partial charge is 0.153 e. The second-order valence-electron chi connectivity index (χ2n) is 5.97. The molecule has 18 heavy (non-hydrogen) atoms. The summed E-state index contributed by atoms with van der Waals surface area (Å²) in [5, 5.41) is 3.21. The van der Waals surface area contributed by atoms with Crippen LogP contribution in [0.2, 0.25) is 0 Å². The summed E-state index contributed by atoms with van der Waals surface area (Å²) < 4.78 is 23.8. The fraction of sp³-hybridized carbons (Fsp3) is 1.00. The van der Waals surface area contributed by atoms with E-state index in [2.05, 4.69) is 17.1 Å². The van der Waals surface area contributed by atoms with Crippen LogP contribution in [0.5, 0.6) is 0 Å². The minimum absolute atomic E-state index is 0.249. The molecule has 2 aliphatic heterocycles. The molecule has 0 bridgehead atoms. The van der Waals surface area contributed by atoms with Gasteiger partial charge in [0, 0.05) is 19.1 Å². The van der Waals surface area contributed by atoms with Crippen molar-refractivity contribution in [3.63, 3.8) is 0 Å². The molecule has 0 amide bonds. The first-order valence-corrected chi connectivity index (χ1v) is 8.83. The first-order chi connectivity index (χ1) is 8.45. The van der Waals surface area contributed by atoms with Crippen LogP contribution in [-0.2, 0) is 9.84 Å². The van der Waals surface area contributed by atoms with Crippen molar-refractivity contribution in [1.82, 2.24) is 10.2 Å². The van der Waals surface area contributed by atoms with Gasteiger partial charge < -0.3 is 5.32 Å². The Morgan fingerprint density at radius 2 is 2.06 bits per heavy atom. The summed E-state index contributed by atoms with van der Waals surface area (Å²) in [7, 11) is -2.90. The Kier molecular flexibility index (Phi) is 4.34. The van der Waals surface area contributed by atoms with Crippen molar-refractivity contribution in [2.45, 2.75) is 38.5 Å². The molecule has 0 aromatic rings. The van der Waals surface area contributed by atoms with Crippen LogP contribution in [-0.4, -0.2) is 56.5 Å². The molecule has 0 aliphatic carbocycles. The maximum Gasteiger partial charge on any atom is 0.153 e. The molecule has 106 valence electrons. The van der Waals surface area contributed by atoms with Crippen LogP contribution in [0.4, 0.5) is 0 Å². The molecule has 2 aliphatic rings. The number of rotatable bonds is 5. The predicted octanol–water partition coefficient (Wildman–Crippen LogP) is 0.739. The molecule has 3 unspecified atom stereocenters. The highest BCUT2D eigenvalue weighted by atomic mass is 32.2. The van der Waals surface area contributed by atoms with Gasteiger partial charge in [0.2, 0.25) is 0 Å². The van der Waals surface area contributed by atoms with Crippen molar-refractivity contribution >= 4 is 9.84 Å². The van der Waals surface area contributed by atoms with E-state index in [9.17, 15) is 8.42 Å². The minimum Gasteiger partial charge on any atom is -0.316 e. The largest absolute Gasteiger partial charge is 0.316 e. The zero-order chi connectivity index (χ0) is 13.3. The van der Waals surface area contributed by atoms with E-state index < -0.39 is 9.84 Å². The van der Waals surface area contributed by atoms with Gasteiger partial charge in [0.25, 0.3) is 0 Å². The topological polar surface area (TPSA) is 49.4 Å². The predicted molar refractivity (Wildman–Crippen MR) is 74.4 cm³/mol. The molecule has 2 rings (SSSR count). The minimum atomic E-state index is -2.90. The maximum atomic E-state index is 11.9. The van der Waals surface area contributed by atoms with Gasteiger partial charge in [-0.1, -0.05) is 6.92 Å². The van der Waals surface area contributed by atoms with Gasteiger partial charge in [-0.15, -0.1) is 0 Å². The van der Waals surface area contributed by atoms with Crippen molar-refractivity contribution < 1.29 is 8.42 Å². The lowest BCUT2D eigenvalue weighted by Gasteiger charge is -2.26. The van der Waals surface area contributed by atoms with Crippen molar-refractivity contribution in [2.24, 2.45) is 11.8 Å². The Balaban J connectivity index is 1.94. The first-order valence-electron chi connectivity index (χ1n) is 7.12. The number of hydrogen-bond donors (Lipinski definition) is 1. The van der Waals surface area contributed by atoms with Gasteiger partial charge in [-0.05, 0) is 45.2 Å². The number of hydrogen-bond acceptors (Lipinski definition) is 4. The standard InChI is InChI=1S/C13H26N2O2S/c1-4-13-12-8-14-7-11(12)9-15(13)5-6-18(16,17)10(2)3/h10-14H,4-9H2,1-3H3. The third-order valence-corrected chi connectivity index (χ3v) is 6.81. The zero-order valence-electron chi connectivity index (χ0n) is 11.7. The summed E-state index contributed by atoms with van der Waals surface area (Å²) in [6.45, 7) is 9.76. The van der Waals surface area contributed by atoms with Gasteiger partial charge in [-0.2, -0.15) is 0 Å². The number of likely N-dealkylation sites (tertiary alicyclic amines) is 1. The number of sulfone groups is 1. The molecule has 1 N–H and O–H groups in total. The molecular weight excluding hydrogens is 248 g/mol. The molecule has 0 saturated carbocycles. The second kappa shape index (κ2) is 5.47. The molecule has 2 saturated heterocycles. The molecular formula is C13H26N2O2S. The maximum absolute atomic E-state index is 11.9. The molecule has 3 atom stereocenters. The van der Waals surface area contributed by atoms with Crippen LogP contribution < -0.4 is 5.32 Å². The zero-order valence-corrected chi connectivity index (χ0v) is 12.5. The summed E-state index contributed by atoms with van der Waals surface area (Å²) in [6, 6.07) is 0.576. The van der Waals surface area contributed by atoms with Crippen LogP contribution in [0.1, 0.15) is 27.2 Å². The lowest BCUT2D eigenvalue weighted by molar-refractivity contribution is 0.230. The Morgan fingerprint density at radius 3 is 2.67 bits per heavy atom. The third kappa shape index (κ3) is 2.73. The molecule has 2 heterocycles. The molecule has 0 spiro atoms. The average Bonchev–Trinajstić information content (AvgIpc) is 2.85. The van der Waals surface area contributed by atoms with Gasteiger partial charge in [0.1, 0.15) is 0 Å². The summed E-state index contributed by atoms with van der Waals surface area (Å²) in [6.07, 6.45) is 1.13. The van der Waals surface area contributed by atoms with Crippen LogP contribution in [0.15, 0.2) is 0 Å². The average molecular weight is 274 g/mol. The number of fused-ring (bicyclic) bond motifs is 1. The highest BCUT2D eigenvalue weighted by Crippen LogP contribution is 2.33. The molecule has 0 radical (unpaired) electrons. The SMILES string of the molecule is CCC1C2CNCC2CN1CCS(=O)(=O)C(C)C. The van der Waals surface area contributed by atoms with E-state index in [0.717, 1.165) is 37.9 Å². The van der Waals surface area contributed by atoms with Crippen LogP contribution in [0.3, 0.4) is 0 Å². The van der Waals surface area contributed by atoms with Crippen LogP contribution in [0.25, 0.3) is 0 Å². The first kappa shape index (κ1) is 14.3. The Bertz CT molecular complexity index is 380. The van der Waals surface area contributed by atoms with Crippen LogP contribution in [0, 0.1) is 11.8 Å². The van der Waals surface area contributed by atoms with E-state index in [1.807, 2.05) is 0 Å². The number of nitrogens with one attached hydrogen (secondary N) is 1. The van der Waals surface area contributed by atoms with Gasteiger partial charge in [0.05, 0.1) is 11.0 Å². The highest BCUT2D eigenvalue weighted by Gasteiger charge is 2.43. The van der Waals surface area contributed by atoms with Crippen LogP contribution >= 0.6 is 0 Å². The third-order valence-electron chi connectivity index (χ3n) is 4.62. The molecule has 5 heteroatoms. The van der Waals surface area contributed by atoms with Crippen molar-refractivity contribution in [3.05, 3.63) is 0 Å². The fourth-order valence-electron chi connectivity index (χ4n) is 3.41. The fourth-order valence-corrected chi connectivity index (χ4v) is 4.37. The van der Waals surface area contributed by atoms with Gasteiger partial charge >= 0.3 is 0 Å². The Labute approximate surface area is 111 Å². The van der Waals surface area contributed by atoms with E-state index in [1.54, 1.807) is 13.8 Å². The summed E-state index contributed by atoms with van der Waals surface area (Å²) in [5.74, 6) is 1.78. The molecule has 4 nitrogen and oxygen atoms in total. The molecule has 0 aromatic heterocycles. The Morgan fingerprint density at radius 1 is 1.33 bits per heavy atom. The number of nitrogens with zero attached hydrogens (tertiary/aromatic N) is 1. The second-order valence-corrected chi connectivity index (χ2v) is 8.65. The van der Waals surface area contributed by atoms with E-state index in [1.165, 1.54) is 0 Å².